The van der Waals surface area contributed by atoms with E-state index in [9.17, 15) is 0 Å². The third kappa shape index (κ3) is 19.2. The number of halogens is 5. The molecule has 0 radical (unpaired) electrons. The normalized spacial score (nSPS) is 12.8. The van der Waals surface area contributed by atoms with E-state index in [-0.39, 0.29) is 24.2 Å². The van der Waals surface area contributed by atoms with Crippen LogP contribution in [0.1, 0.15) is 109 Å². The van der Waals surface area contributed by atoms with Gasteiger partial charge in [-0.05, 0) is 195 Å². The van der Waals surface area contributed by atoms with E-state index in [0.29, 0.717) is 59.0 Å². The third-order valence-electron chi connectivity index (χ3n) is 14.8. The molecule has 5 N–H and O–H groups in total. The van der Waals surface area contributed by atoms with Crippen LogP contribution in [0.25, 0.3) is 63.9 Å². The lowest BCUT2D eigenvalue weighted by atomic mass is 10.0. The van der Waals surface area contributed by atoms with Crippen molar-refractivity contribution in [1.29, 1.82) is 0 Å². The molecule has 4 aromatic carbocycles. The predicted octanol–water partition coefficient (Wildman–Crippen LogP) is 15.8. The number of nitrogens with two attached hydrogens (primary N) is 1. The molecule has 0 aliphatic heterocycles. The minimum atomic E-state index is -1.70. The summed E-state index contributed by atoms with van der Waals surface area (Å²) in [6.45, 7) is 13.7. The van der Waals surface area contributed by atoms with Crippen molar-refractivity contribution in [3.8, 4) is 63.2 Å². The van der Waals surface area contributed by atoms with Crippen LogP contribution < -0.4 is 35.9 Å². The van der Waals surface area contributed by atoms with E-state index >= 15 is 0 Å². The van der Waals surface area contributed by atoms with Gasteiger partial charge >= 0.3 is 18.0 Å². The molecule has 0 saturated carbocycles. The molecule has 4 aliphatic rings. The number of allylic oxidation sites excluding steroid dienone is 4. The number of hydrogen-bond acceptors (Lipinski definition) is 25. The van der Waals surface area contributed by atoms with Gasteiger partial charge in [0.15, 0.2) is 0 Å². The van der Waals surface area contributed by atoms with Crippen LogP contribution in [-0.2, 0) is 29.5 Å². The maximum Gasteiger partial charge on any atom is 0.321 e. The lowest BCUT2D eigenvalue weighted by Gasteiger charge is -2.11. The number of alkyl halides is 3. The molecule has 15 rings (SSSR count). The van der Waals surface area contributed by atoms with E-state index in [4.69, 9.17) is 67.1 Å². The molecule has 0 saturated heterocycles. The molecule has 30 heteroatoms. The van der Waals surface area contributed by atoms with Gasteiger partial charge in [-0.25, -0.2) is 15.0 Å². The van der Waals surface area contributed by atoms with Crippen molar-refractivity contribution in [3.63, 3.8) is 0 Å². The van der Waals surface area contributed by atoms with E-state index in [1.807, 2.05) is 78.8 Å². The first-order valence-electron chi connectivity index (χ1n) is 31.8. The number of nitrogens with one attached hydrogen (secondary N) is 3. The summed E-state index contributed by atoms with van der Waals surface area (Å²) in [5, 5.41) is 24.3. The molecule has 522 valence electrons. The average molecular weight is 1650 g/mol. The van der Waals surface area contributed by atoms with Gasteiger partial charge in [-0.15, -0.1) is 0 Å². The highest BCUT2D eigenvalue weighted by Gasteiger charge is 2.31. The number of fused-ring (bicyclic) bond motifs is 4. The Morgan fingerprint density at radius 1 is 0.426 bits per heavy atom. The number of aryl methyl sites for hydroxylation is 1. The summed E-state index contributed by atoms with van der Waals surface area (Å²) in [4.78, 5) is 42.8. The molecule has 7 aromatic heterocycles. The average Bonchev–Trinajstić information content (AvgIpc) is 1.61. The standard InChI is InChI=1S/2C19H19N5O2.C12H6Cl3IN2O.C12H10IN3O.C8H12N2O.CH5N/c2*1-11(2)25-17-10-21-9-16(22-17)14-7-6-12-4-5-13(8-15(12)14)18-23-19(20-3)26-24-18;13-12(14,15)11-17-10(18-19-11)7-2-1-6-3-4-9(16)8(6)5-7;1-14-12-15-11(16-17-12)8-3-2-7-4-5-10(13)9(7)6-8;1-6(2)11-8-5-9-4-7(3)10-8;1-2/h2*4-5,7-11H,6H2,1-3H3,(H,20,23,24);1-2,4-5H,3H2;2-3,5-6H,4H2,1H3,(H,14,15,16);4-6H,1-3H3;2H2,1H3. The maximum absolute atomic E-state index is 5.70. The van der Waals surface area contributed by atoms with Gasteiger partial charge in [0.2, 0.25) is 40.9 Å². The van der Waals surface area contributed by atoms with Gasteiger partial charge in [-0.3, -0.25) is 15.0 Å². The van der Waals surface area contributed by atoms with Crippen LogP contribution in [0.2, 0.25) is 0 Å². The molecule has 25 nitrogen and oxygen atoms in total. The van der Waals surface area contributed by atoms with E-state index in [2.05, 4.69) is 204 Å². The van der Waals surface area contributed by atoms with E-state index in [1.165, 1.54) is 47.6 Å². The minimum absolute atomic E-state index is 0.0294. The smallest absolute Gasteiger partial charge is 0.321 e. The van der Waals surface area contributed by atoms with Crippen molar-refractivity contribution >= 4 is 116 Å². The Balaban J connectivity index is 0.000000139. The Hall–Kier alpha value is -9.27. The Morgan fingerprint density at radius 2 is 0.752 bits per heavy atom. The van der Waals surface area contributed by atoms with E-state index < -0.39 is 3.79 Å². The van der Waals surface area contributed by atoms with Crippen LogP contribution in [0.4, 0.5) is 18.0 Å². The summed E-state index contributed by atoms with van der Waals surface area (Å²) in [6, 6.07) is 25.8. The molecule has 7 heterocycles. The van der Waals surface area contributed by atoms with Crippen molar-refractivity contribution in [2.24, 2.45) is 5.73 Å². The molecular weight excluding hydrogens is 1580 g/mol. The van der Waals surface area contributed by atoms with Crippen LogP contribution in [0, 0.1) is 6.92 Å². The first kappa shape index (κ1) is 74.4. The number of ether oxygens (including phenoxy) is 3. The zero-order valence-corrected chi connectivity index (χ0v) is 63.4. The second-order valence-corrected chi connectivity index (χ2v) is 27.7. The molecule has 0 spiro atoms. The van der Waals surface area contributed by atoms with Crippen molar-refractivity contribution in [1.82, 2.24) is 70.5 Å². The summed E-state index contributed by atoms with van der Waals surface area (Å²) in [7, 11) is 6.74. The summed E-state index contributed by atoms with van der Waals surface area (Å²) < 4.78 is 37.7. The maximum atomic E-state index is 5.70. The van der Waals surface area contributed by atoms with E-state index in [0.717, 1.165) is 87.3 Å². The number of hydrogen-bond donors (Lipinski definition) is 4. The molecule has 101 heavy (non-hydrogen) atoms. The zero-order chi connectivity index (χ0) is 71.9. The minimum Gasteiger partial charge on any atom is -0.474 e. The number of aromatic nitrogens is 14. The fraction of sp³-hybridized carbons (Fsp3) is 0.268. The molecule has 0 fully saturated rings. The summed E-state index contributed by atoms with van der Waals surface area (Å²) in [6.07, 6.45) is 22.8. The van der Waals surface area contributed by atoms with E-state index in [1.54, 1.807) is 58.3 Å². The van der Waals surface area contributed by atoms with Gasteiger partial charge < -0.3 is 54.0 Å². The van der Waals surface area contributed by atoms with Crippen LogP contribution in [0.3, 0.4) is 0 Å². The topological polar surface area (TPSA) is 323 Å². The lowest BCUT2D eigenvalue weighted by Crippen LogP contribution is -2.08. The van der Waals surface area contributed by atoms with Crippen LogP contribution in [0.5, 0.6) is 17.6 Å². The largest absolute Gasteiger partial charge is 0.474 e. The molecular formula is C71H71Cl3I2N18O7. The predicted molar refractivity (Wildman–Crippen MR) is 408 cm³/mol. The molecule has 0 amide bonds. The molecule has 11 aromatic rings. The van der Waals surface area contributed by atoms with Crippen LogP contribution >= 0.6 is 80.0 Å². The molecule has 0 bridgehead atoms. The van der Waals surface area contributed by atoms with Crippen LogP contribution in [0.15, 0.2) is 152 Å². The molecule has 0 unspecified atom stereocenters. The lowest BCUT2D eigenvalue weighted by molar-refractivity contribution is 0.231. The fourth-order valence-corrected chi connectivity index (χ4v) is 12.0. The second-order valence-electron chi connectivity index (χ2n) is 23.1. The van der Waals surface area contributed by atoms with Crippen molar-refractivity contribution in [3.05, 3.63) is 202 Å². The Bertz CT molecular complexity index is 4650. The quantitative estimate of drug-likeness (QED) is 0.0547. The summed E-state index contributed by atoms with van der Waals surface area (Å²) in [5.41, 5.74) is 22.5. The Labute approximate surface area is 625 Å². The highest BCUT2D eigenvalue weighted by molar-refractivity contribution is 14.1. The van der Waals surface area contributed by atoms with Gasteiger partial charge in [0.1, 0.15) is 0 Å². The van der Waals surface area contributed by atoms with Gasteiger partial charge in [-0.1, -0.05) is 128 Å². The highest BCUT2D eigenvalue weighted by atomic mass is 127. The monoisotopic (exact) mass is 1650 g/mol. The summed E-state index contributed by atoms with van der Waals surface area (Å²) >= 11 is 21.8. The third-order valence-corrected chi connectivity index (χ3v) is 17.3. The molecule has 4 aliphatic carbocycles. The number of anilines is 3. The van der Waals surface area contributed by atoms with Gasteiger partial charge in [0, 0.05) is 67.9 Å². The Morgan fingerprint density at radius 3 is 1.09 bits per heavy atom. The van der Waals surface area contributed by atoms with Crippen molar-refractivity contribution in [2.75, 3.05) is 44.1 Å². The fourth-order valence-electron chi connectivity index (χ4n) is 10.3. The highest BCUT2D eigenvalue weighted by Crippen LogP contribution is 2.41. The Kier molecular flexibility index (Phi) is 25.3. The summed E-state index contributed by atoms with van der Waals surface area (Å²) in [5.74, 6) is 3.75. The SMILES string of the molecule is CN.CNc1nc(-c2ccc3c(c2)C(I)=CC3)no1.CNc1nc(-c2ccc3c(c2)C(c2cncc(OC(C)C)n2)=CC3)no1.CNc1nc(-c2ccc3c(c2)C(c2cncc(OC(C)C)n2)=CC3)no1.Cc1cncc(OC(C)C)n1.ClC(Cl)(Cl)c1nc(-c2ccc3c(c2)C(I)=CC3)no1. The van der Waals surface area contributed by atoms with Gasteiger partial charge in [0.25, 0.3) is 9.68 Å². The van der Waals surface area contributed by atoms with Crippen molar-refractivity contribution < 1.29 is 32.3 Å². The number of rotatable bonds is 15. The van der Waals surface area contributed by atoms with Gasteiger partial charge in [-0.2, -0.15) is 19.9 Å². The number of benzene rings is 4. The van der Waals surface area contributed by atoms with Crippen LogP contribution in [-0.4, -0.2) is 117 Å². The van der Waals surface area contributed by atoms with Crippen molar-refractivity contribution in [2.45, 2.75) is 96.3 Å². The molecule has 0 atom stereocenters. The zero-order valence-electron chi connectivity index (χ0n) is 56.8. The van der Waals surface area contributed by atoms with Gasteiger partial charge in [0.05, 0.1) is 66.4 Å². The first-order valence-corrected chi connectivity index (χ1v) is 35.1. The second kappa shape index (κ2) is 34.4. The number of nitrogens with zero attached hydrogens (tertiary/aromatic N) is 14. The first-order chi connectivity index (χ1) is 48.7.